The van der Waals surface area contributed by atoms with Crippen molar-refractivity contribution in [2.24, 2.45) is 0 Å². The molecule has 0 radical (unpaired) electrons. The second kappa shape index (κ2) is 8.93. The van der Waals surface area contributed by atoms with Gasteiger partial charge < -0.3 is 20.5 Å². The zero-order valence-electron chi connectivity index (χ0n) is 16.5. The average Bonchev–Trinajstić information content (AvgIpc) is 3.02. The smallest absolute Gasteiger partial charge is 0.319 e. The average molecular weight is 388 g/mol. The third kappa shape index (κ3) is 4.73. The summed E-state index contributed by atoms with van der Waals surface area (Å²) in [6.45, 7) is 7.86. The standard InChI is InChI=1S/C23H24N4O2/c1-4-14-24-23(29)26-19-12-10-18(11-13-19)25-22(28)21-15-16(2)27(17(21)3)20-8-6-5-7-9-20/h4-13,15H,1,14H2,2-3H3,(H,25,28)(H2,24,26,29). The first-order chi connectivity index (χ1) is 14.0. The van der Waals surface area contributed by atoms with Crippen molar-refractivity contribution in [3.05, 3.63) is 90.3 Å². The summed E-state index contributed by atoms with van der Waals surface area (Å²) in [4.78, 5) is 24.5. The van der Waals surface area contributed by atoms with Crippen LogP contribution in [0.2, 0.25) is 0 Å². The van der Waals surface area contributed by atoms with Gasteiger partial charge in [0.1, 0.15) is 0 Å². The lowest BCUT2D eigenvalue weighted by molar-refractivity contribution is 0.102. The van der Waals surface area contributed by atoms with E-state index in [1.165, 1.54) is 0 Å². The molecule has 3 rings (SSSR count). The number of nitrogens with one attached hydrogen (secondary N) is 3. The largest absolute Gasteiger partial charge is 0.334 e. The van der Waals surface area contributed by atoms with Gasteiger partial charge in [-0.15, -0.1) is 6.58 Å². The lowest BCUT2D eigenvalue weighted by Crippen LogP contribution is -2.28. The molecule has 0 spiro atoms. The van der Waals surface area contributed by atoms with Gasteiger partial charge in [0.25, 0.3) is 5.91 Å². The van der Waals surface area contributed by atoms with Gasteiger partial charge in [0, 0.05) is 35.0 Å². The molecule has 0 bridgehead atoms. The highest BCUT2D eigenvalue weighted by Crippen LogP contribution is 2.22. The van der Waals surface area contributed by atoms with Gasteiger partial charge in [0.2, 0.25) is 0 Å². The van der Waals surface area contributed by atoms with Crippen LogP contribution in [0, 0.1) is 13.8 Å². The molecule has 6 nitrogen and oxygen atoms in total. The molecule has 1 aromatic heterocycles. The number of benzene rings is 2. The van der Waals surface area contributed by atoms with Crippen molar-refractivity contribution < 1.29 is 9.59 Å². The third-order valence-electron chi connectivity index (χ3n) is 4.50. The SMILES string of the molecule is C=CCNC(=O)Nc1ccc(NC(=O)c2cc(C)n(-c3ccccc3)c2C)cc1. The molecule has 0 atom stereocenters. The minimum atomic E-state index is -0.310. The molecule has 2 aromatic carbocycles. The maximum Gasteiger partial charge on any atom is 0.319 e. The fourth-order valence-corrected chi connectivity index (χ4v) is 3.14. The van der Waals surface area contributed by atoms with Gasteiger partial charge >= 0.3 is 6.03 Å². The number of aryl methyl sites for hydroxylation is 1. The van der Waals surface area contributed by atoms with E-state index < -0.39 is 0 Å². The first kappa shape index (κ1) is 19.9. The second-order valence-corrected chi connectivity index (χ2v) is 6.61. The molecule has 3 amide bonds. The Kier molecular flexibility index (Phi) is 6.14. The predicted molar refractivity (Wildman–Crippen MR) is 117 cm³/mol. The number of urea groups is 1. The Morgan fingerprint density at radius 1 is 0.966 bits per heavy atom. The van der Waals surface area contributed by atoms with Crippen molar-refractivity contribution in [3.63, 3.8) is 0 Å². The summed E-state index contributed by atoms with van der Waals surface area (Å²) >= 11 is 0. The topological polar surface area (TPSA) is 75.2 Å². The van der Waals surface area contributed by atoms with Crippen molar-refractivity contribution in [1.82, 2.24) is 9.88 Å². The maximum absolute atomic E-state index is 12.8. The van der Waals surface area contributed by atoms with E-state index in [1.807, 2.05) is 50.2 Å². The van der Waals surface area contributed by atoms with Crippen molar-refractivity contribution >= 4 is 23.3 Å². The molecule has 0 aliphatic carbocycles. The van der Waals surface area contributed by atoms with Crippen LogP contribution in [0.4, 0.5) is 16.2 Å². The number of amides is 3. The summed E-state index contributed by atoms with van der Waals surface area (Å²) in [5, 5.41) is 8.26. The molecular weight excluding hydrogens is 364 g/mol. The van der Waals surface area contributed by atoms with E-state index in [4.69, 9.17) is 0 Å². The van der Waals surface area contributed by atoms with Gasteiger partial charge in [-0.3, -0.25) is 4.79 Å². The Hall–Kier alpha value is -3.80. The minimum Gasteiger partial charge on any atom is -0.334 e. The van der Waals surface area contributed by atoms with E-state index >= 15 is 0 Å². The number of hydrogen-bond acceptors (Lipinski definition) is 2. The van der Waals surface area contributed by atoms with Gasteiger partial charge in [-0.1, -0.05) is 24.3 Å². The van der Waals surface area contributed by atoms with Crippen LogP contribution in [0.5, 0.6) is 0 Å². The summed E-state index contributed by atoms with van der Waals surface area (Å²) in [6, 6.07) is 18.5. The van der Waals surface area contributed by atoms with Crippen LogP contribution < -0.4 is 16.0 Å². The summed E-state index contributed by atoms with van der Waals surface area (Å²) in [7, 11) is 0. The highest BCUT2D eigenvalue weighted by Gasteiger charge is 2.16. The Morgan fingerprint density at radius 3 is 2.21 bits per heavy atom. The molecule has 0 saturated carbocycles. The highest BCUT2D eigenvalue weighted by atomic mass is 16.2. The summed E-state index contributed by atoms with van der Waals surface area (Å²) in [5.74, 6) is -0.176. The number of aromatic nitrogens is 1. The van der Waals surface area contributed by atoms with Crippen LogP contribution in [-0.2, 0) is 0 Å². The fourth-order valence-electron chi connectivity index (χ4n) is 3.14. The zero-order chi connectivity index (χ0) is 20.8. The third-order valence-corrected chi connectivity index (χ3v) is 4.50. The normalized spacial score (nSPS) is 10.3. The summed E-state index contributed by atoms with van der Waals surface area (Å²) in [6.07, 6.45) is 1.60. The molecule has 0 saturated heterocycles. The molecule has 0 aliphatic heterocycles. The Bertz CT molecular complexity index is 1020. The first-order valence-electron chi connectivity index (χ1n) is 9.31. The first-order valence-corrected chi connectivity index (χ1v) is 9.31. The summed E-state index contributed by atoms with van der Waals surface area (Å²) in [5.41, 5.74) is 4.79. The number of carbonyl (C=O) groups is 2. The molecule has 148 valence electrons. The van der Waals surface area contributed by atoms with E-state index in [0.717, 1.165) is 17.1 Å². The van der Waals surface area contributed by atoms with Gasteiger partial charge in [-0.25, -0.2) is 4.79 Å². The number of para-hydroxylation sites is 1. The van der Waals surface area contributed by atoms with Crippen LogP contribution in [0.25, 0.3) is 5.69 Å². The van der Waals surface area contributed by atoms with Gasteiger partial charge in [-0.2, -0.15) is 0 Å². The number of carbonyl (C=O) groups excluding carboxylic acids is 2. The molecule has 6 heteroatoms. The minimum absolute atomic E-state index is 0.176. The van der Waals surface area contributed by atoms with Crippen LogP contribution >= 0.6 is 0 Å². The monoisotopic (exact) mass is 388 g/mol. The Labute approximate surface area is 170 Å². The molecular formula is C23H24N4O2. The van der Waals surface area contributed by atoms with Crippen molar-refractivity contribution in [2.45, 2.75) is 13.8 Å². The number of nitrogens with zero attached hydrogens (tertiary/aromatic N) is 1. The van der Waals surface area contributed by atoms with Gasteiger partial charge in [0.15, 0.2) is 0 Å². The molecule has 29 heavy (non-hydrogen) atoms. The highest BCUT2D eigenvalue weighted by molar-refractivity contribution is 6.05. The van der Waals surface area contributed by atoms with E-state index in [9.17, 15) is 9.59 Å². The van der Waals surface area contributed by atoms with Crippen LogP contribution in [0.3, 0.4) is 0 Å². The maximum atomic E-state index is 12.8. The molecule has 0 unspecified atom stereocenters. The van der Waals surface area contributed by atoms with Crippen molar-refractivity contribution in [2.75, 3.05) is 17.2 Å². The number of anilines is 2. The number of hydrogen-bond donors (Lipinski definition) is 3. The lowest BCUT2D eigenvalue weighted by atomic mass is 10.2. The van der Waals surface area contributed by atoms with Crippen LogP contribution in [0.1, 0.15) is 21.7 Å². The zero-order valence-corrected chi connectivity index (χ0v) is 16.5. The molecule has 3 N–H and O–H groups in total. The van der Waals surface area contributed by atoms with Crippen molar-refractivity contribution in [1.29, 1.82) is 0 Å². The molecule has 0 aliphatic rings. The van der Waals surface area contributed by atoms with E-state index in [2.05, 4.69) is 27.1 Å². The quantitative estimate of drug-likeness (QED) is 0.538. The molecule has 0 fully saturated rings. The van der Waals surface area contributed by atoms with E-state index in [1.54, 1.807) is 30.3 Å². The predicted octanol–water partition coefficient (Wildman–Crippen LogP) is 4.65. The Balaban J connectivity index is 1.71. The second-order valence-electron chi connectivity index (χ2n) is 6.61. The molecule has 1 heterocycles. The fraction of sp³-hybridized carbons (Fsp3) is 0.130. The van der Waals surface area contributed by atoms with Crippen LogP contribution in [-0.4, -0.2) is 23.1 Å². The summed E-state index contributed by atoms with van der Waals surface area (Å²) < 4.78 is 2.06. The number of rotatable bonds is 6. The Morgan fingerprint density at radius 2 is 1.59 bits per heavy atom. The van der Waals surface area contributed by atoms with Crippen molar-refractivity contribution in [3.8, 4) is 5.69 Å². The van der Waals surface area contributed by atoms with Crippen LogP contribution in [0.15, 0.2) is 73.3 Å². The van der Waals surface area contributed by atoms with E-state index in [-0.39, 0.29) is 11.9 Å². The van der Waals surface area contributed by atoms with Gasteiger partial charge in [-0.05, 0) is 56.3 Å². The molecule has 3 aromatic rings. The lowest BCUT2D eigenvalue weighted by Gasteiger charge is -2.10. The van der Waals surface area contributed by atoms with E-state index in [0.29, 0.717) is 23.5 Å². The van der Waals surface area contributed by atoms with Gasteiger partial charge in [0.05, 0.1) is 5.56 Å².